The van der Waals surface area contributed by atoms with Crippen LogP contribution in [0.1, 0.15) is 17.7 Å². The summed E-state index contributed by atoms with van der Waals surface area (Å²) in [6.45, 7) is 3.64. The van der Waals surface area contributed by atoms with Gasteiger partial charge in [-0.1, -0.05) is 0 Å². The molecule has 0 amide bonds. The van der Waals surface area contributed by atoms with Crippen LogP contribution in [-0.4, -0.2) is 6.54 Å². The molecule has 0 radical (unpaired) electrons. The number of aryl methyl sites for hydroxylation is 1. The molecule has 0 aromatic carbocycles. The molecule has 0 saturated heterocycles. The summed E-state index contributed by atoms with van der Waals surface area (Å²) in [5.41, 5.74) is 1.18. The van der Waals surface area contributed by atoms with Crippen molar-refractivity contribution in [2.24, 2.45) is 0 Å². The molecular formula is C10H13NO. The van der Waals surface area contributed by atoms with E-state index >= 15 is 0 Å². The quantitative estimate of drug-likeness (QED) is 0.540. The second kappa shape index (κ2) is 4.63. The fourth-order valence-electron chi connectivity index (χ4n) is 0.948. The van der Waals surface area contributed by atoms with Gasteiger partial charge in [0.05, 0.1) is 12.8 Å². The summed E-state index contributed by atoms with van der Waals surface area (Å²) in [5.74, 6) is 3.56. The average Bonchev–Trinajstić information content (AvgIpc) is 2.46. The molecule has 0 spiro atoms. The fourth-order valence-corrected chi connectivity index (χ4v) is 0.948. The lowest BCUT2D eigenvalue weighted by molar-refractivity contribution is 0.482. The first kappa shape index (κ1) is 8.89. The van der Waals surface area contributed by atoms with Crippen molar-refractivity contribution in [3.05, 3.63) is 23.7 Å². The van der Waals surface area contributed by atoms with Crippen LogP contribution in [0.15, 0.2) is 16.7 Å². The predicted octanol–water partition coefficient (Wildman–Crippen LogP) is 1.70. The van der Waals surface area contributed by atoms with E-state index < -0.39 is 0 Å². The number of terminal acetylenes is 1. The number of nitrogens with one attached hydrogen (secondary N) is 1. The molecule has 2 nitrogen and oxygen atoms in total. The van der Waals surface area contributed by atoms with Gasteiger partial charge in [0.2, 0.25) is 0 Å². The number of furan rings is 1. The normalized spacial score (nSPS) is 9.67. The SMILES string of the molecule is C#CCCNCc1occc1C. The molecule has 2 heteroatoms. The lowest BCUT2D eigenvalue weighted by Crippen LogP contribution is -2.14. The van der Waals surface area contributed by atoms with E-state index in [9.17, 15) is 0 Å². The van der Waals surface area contributed by atoms with Gasteiger partial charge in [0.1, 0.15) is 5.76 Å². The van der Waals surface area contributed by atoms with E-state index in [0.29, 0.717) is 0 Å². The van der Waals surface area contributed by atoms with Crippen molar-refractivity contribution in [2.75, 3.05) is 6.54 Å². The van der Waals surface area contributed by atoms with Crippen LogP contribution in [0.3, 0.4) is 0 Å². The van der Waals surface area contributed by atoms with Crippen LogP contribution in [0, 0.1) is 19.3 Å². The standard InChI is InChI=1S/C10H13NO/c1-3-4-6-11-8-10-9(2)5-7-12-10/h1,5,7,11H,4,6,8H2,2H3. The molecule has 1 aromatic heterocycles. The largest absolute Gasteiger partial charge is 0.468 e. The number of hydrogen-bond acceptors (Lipinski definition) is 2. The summed E-state index contributed by atoms with van der Waals surface area (Å²) in [6.07, 6.45) is 7.57. The highest BCUT2D eigenvalue weighted by Gasteiger charge is 1.99. The molecule has 0 bridgehead atoms. The van der Waals surface area contributed by atoms with E-state index in [1.54, 1.807) is 6.26 Å². The van der Waals surface area contributed by atoms with Crippen LogP contribution in [0.2, 0.25) is 0 Å². The van der Waals surface area contributed by atoms with Gasteiger partial charge < -0.3 is 9.73 Å². The van der Waals surface area contributed by atoms with Crippen LogP contribution in [0.4, 0.5) is 0 Å². The van der Waals surface area contributed by atoms with Gasteiger partial charge in [-0.2, -0.15) is 0 Å². The second-order valence-corrected chi connectivity index (χ2v) is 2.66. The highest BCUT2D eigenvalue weighted by molar-refractivity contribution is 5.14. The summed E-state index contributed by atoms with van der Waals surface area (Å²) in [6, 6.07) is 1.96. The Balaban J connectivity index is 2.25. The van der Waals surface area contributed by atoms with Crippen LogP contribution in [0.5, 0.6) is 0 Å². The smallest absolute Gasteiger partial charge is 0.120 e. The fraction of sp³-hybridized carbons (Fsp3) is 0.400. The Hall–Kier alpha value is -1.20. The minimum Gasteiger partial charge on any atom is -0.468 e. The van der Waals surface area contributed by atoms with E-state index in [1.807, 2.05) is 13.0 Å². The molecule has 0 atom stereocenters. The lowest BCUT2D eigenvalue weighted by Gasteiger charge is -1.99. The Morgan fingerprint density at radius 2 is 2.50 bits per heavy atom. The van der Waals surface area contributed by atoms with Gasteiger partial charge in [-0.25, -0.2) is 0 Å². The first-order valence-corrected chi connectivity index (χ1v) is 4.01. The van der Waals surface area contributed by atoms with Gasteiger partial charge in [0.25, 0.3) is 0 Å². The van der Waals surface area contributed by atoms with E-state index in [1.165, 1.54) is 5.56 Å². The van der Waals surface area contributed by atoms with Crippen LogP contribution in [-0.2, 0) is 6.54 Å². The molecule has 1 aromatic rings. The predicted molar refractivity (Wildman–Crippen MR) is 48.6 cm³/mol. The summed E-state index contributed by atoms with van der Waals surface area (Å²) in [4.78, 5) is 0. The third-order valence-corrected chi connectivity index (χ3v) is 1.70. The van der Waals surface area contributed by atoms with Gasteiger partial charge in [0.15, 0.2) is 0 Å². The molecule has 0 aliphatic carbocycles. The highest BCUT2D eigenvalue weighted by atomic mass is 16.3. The van der Waals surface area contributed by atoms with E-state index in [-0.39, 0.29) is 0 Å². The van der Waals surface area contributed by atoms with Gasteiger partial charge in [-0.05, 0) is 18.6 Å². The van der Waals surface area contributed by atoms with E-state index in [2.05, 4.69) is 11.2 Å². The van der Waals surface area contributed by atoms with Crippen molar-refractivity contribution in [3.8, 4) is 12.3 Å². The third kappa shape index (κ3) is 2.44. The Morgan fingerprint density at radius 3 is 3.08 bits per heavy atom. The van der Waals surface area contributed by atoms with Crippen molar-refractivity contribution in [1.82, 2.24) is 5.32 Å². The number of hydrogen-bond donors (Lipinski definition) is 1. The summed E-state index contributed by atoms with van der Waals surface area (Å²) >= 11 is 0. The molecule has 1 rings (SSSR count). The van der Waals surface area contributed by atoms with Crippen molar-refractivity contribution in [2.45, 2.75) is 19.9 Å². The lowest BCUT2D eigenvalue weighted by atomic mass is 10.3. The summed E-state index contributed by atoms with van der Waals surface area (Å²) in [5, 5.41) is 3.19. The second-order valence-electron chi connectivity index (χ2n) is 2.66. The van der Waals surface area contributed by atoms with Crippen LogP contribution >= 0.6 is 0 Å². The first-order valence-electron chi connectivity index (χ1n) is 4.01. The Morgan fingerprint density at radius 1 is 1.67 bits per heavy atom. The Kier molecular flexibility index (Phi) is 3.43. The average molecular weight is 163 g/mol. The Bertz CT molecular complexity index is 270. The minimum atomic E-state index is 0.764. The van der Waals surface area contributed by atoms with E-state index in [4.69, 9.17) is 10.8 Å². The monoisotopic (exact) mass is 163 g/mol. The van der Waals surface area contributed by atoms with Gasteiger partial charge in [-0.3, -0.25) is 0 Å². The van der Waals surface area contributed by atoms with Crippen molar-refractivity contribution >= 4 is 0 Å². The zero-order chi connectivity index (χ0) is 8.81. The molecule has 0 saturated carbocycles. The van der Waals surface area contributed by atoms with Crippen LogP contribution in [0.25, 0.3) is 0 Å². The molecule has 0 unspecified atom stereocenters. The molecule has 1 heterocycles. The van der Waals surface area contributed by atoms with Gasteiger partial charge in [0, 0.05) is 13.0 Å². The summed E-state index contributed by atoms with van der Waals surface area (Å²) in [7, 11) is 0. The summed E-state index contributed by atoms with van der Waals surface area (Å²) < 4.78 is 5.23. The molecule has 1 N–H and O–H groups in total. The first-order chi connectivity index (χ1) is 5.84. The van der Waals surface area contributed by atoms with Gasteiger partial charge >= 0.3 is 0 Å². The van der Waals surface area contributed by atoms with Crippen molar-refractivity contribution in [1.29, 1.82) is 0 Å². The molecule has 0 aliphatic heterocycles. The Labute approximate surface area is 73.0 Å². The maximum atomic E-state index is 5.23. The minimum absolute atomic E-state index is 0.764. The molecule has 64 valence electrons. The molecule has 12 heavy (non-hydrogen) atoms. The third-order valence-electron chi connectivity index (χ3n) is 1.70. The zero-order valence-electron chi connectivity index (χ0n) is 7.26. The zero-order valence-corrected chi connectivity index (χ0v) is 7.26. The van der Waals surface area contributed by atoms with E-state index in [0.717, 1.165) is 25.3 Å². The van der Waals surface area contributed by atoms with Crippen LogP contribution < -0.4 is 5.32 Å². The van der Waals surface area contributed by atoms with Gasteiger partial charge in [-0.15, -0.1) is 12.3 Å². The number of rotatable bonds is 4. The molecular weight excluding hydrogens is 150 g/mol. The molecule has 0 aliphatic rings. The maximum absolute atomic E-state index is 5.23. The molecule has 0 fully saturated rings. The highest BCUT2D eigenvalue weighted by Crippen LogP contribution is 2.07. The maximum Gasteiger partial charge on any atom is 0.120 e. The van der Waals surface area contributed by atoms with Crippen molar-refractivity contribution < 1.29 is 4.42 Å². The van der Waals surface area contributed by atoms with Crippen molar-refractivity contribution in [3.63, 3.8) is 0 Å². The topological polar surface area (TPSA) is 25.2 Å².